The molecule has 1 N–H and O–H groups in total. The van der Waals surface area contributed by atoms with Crippen LogP contribution >= 0.6 is 0 Å². The normalized spacial score (nSPS) is 15.6. The quantitative estimate of drug-likeness (QED) is 0.885. The first-order valence-electron chi connectivity index (χ1n) is 6.91. The molecule has 1 aliphatic rings. The molecule has 0 saturated carbocycles. The Morgan fingerprint density at radius 1 is 1.14 bits per heavy atom. The van der Waals surface area contributed by atoms with E-state index in [1.54, 1.807) is 30.3 Å². The molecule has 3 amide bonds. The predicted octanol–water partition coefficient (Wildman–Crippen LogP) is 0.658. The number of carbonyl (C=O) groups excluding carboxylic acids is 3. The van der Waals surface area contributed by atoms with Gasteiger partial charge in [0.25, 0.3) is 11.8 Å². The van der Waals surface area contributed by atoms with Crippen LogP contribution in [0.4, 0.5) is 0 Å². The lowest BCUT2D eigenvalue weighted by atomic mass is 10.2. The molecule has 1 aromatic carbocycles. The molecule has 0 aliphatic carbocycles. The Kier molecular flexibility index (Phi) is 4.57. The molecular formula is C15H19N3O3. The number of carbonyl (C=O) groups is 3. The zero-order valence-electron chi connectivity index (χ0n) is 12.2. The molecule has 1 saturated heterocycles. The highest BCUT2D eigenvalue weighted by Crippen LogP contribution is 2.07. The summed E-state index contributed by atoms with van der Waals surface area (Å²) in [7, 11) is 0. The second-order valence-electron chi connectivity index (χ2n) is 5.45. The summed E-state index contributed by atoms with van der Waals surface area (Å²) < 4.78 is 0. The molecule has 1 fully saturated rings. The van der Waals surface area contributed by atoms with Crippen molar-refractivity contribution in [3.8, 4) is 0 Å². The van der Waals surface area contributed by atoms with Gasteiger partial charge < -0.3 is 4.90 Å². The van der Waals surface area contributed by atoms with Crippen LogP contribution in [0.5, 0.6) is 0 Å². The van der Waals surface area contributed by atoms with Gasteiger partial charge in [-0.2, -0.15) is 0 Å². The minimum Gasteiger partial charge on any atom is -0.331 e. The maximum Gasteiger partial charge on any atom is 0.269 e. The molecule has 0 spiro atoms. The SMILES string of the molecule is CC(C)CN1CC(=O)N(NC(=O)c2ccccc2)CC1=O. The van der Waals surface area contributed by atoms with Gasteiger partial charge in [0, 0.05) is 12.1 Å². The third-order valence-electron chi connectivity index (χ3n) is 3.13. The van der Waals surface area contributed by atoms with Gasteiger partial charge >= 0.3 is 0 Å². The van der Waals surface area contributed by atoms with E-state index >= 15 is 0 Å². The van der Waals surface area contributed by atoms with Crippen molar-refractivity contribution < 1.29 is 14.4 Å². The first kappa shape index (κ1) is 15.0. The molecule has 2 rings (SSSR count). The molecule has 112 valence electrons. The maximum absolute atomic E-state index is 12.0. The molecule has 0 atom stereocenters. The topological polar surface area (TPSA) is 69.7 Å². The lowest BCUT2D eigenvalue weighted by Crippen LogP contribution is -2.59. The van der Waals surface area contributed by atoms with Gasteiger partial charge in [-0.25, -0.2) is 5.01 Å². The average molecular weight is 289 g/mol. The molecule has 1 aliphatic heterocycles. The highest BCUT2D eigenvalue weighted by Gasteiger charge is 2.31. The summed E-state index contributed by atoms with van der Waals surface area (Å²) in [6, 6.07) is 8.58. The average Bonchev–Trinajstić information content (AvgIpc) is 2.44. The lowest BCUT2D eigenvalue weighted by molar-refractivity contribution is -0.152. The summed E-state index contributed by atoms with van der Waals surface area (Å²) >= 11 is 0. The number of hydrogen-bond donors (Lipinski definition) is 1. The van der Waals surface area contributed by atoms with E-state index in [0.29, 0.717) is 18.0 Å². The monoisotopic (exact) mass is 289 g/mol. The summed E-state index contributed by atoms with van der Waals surface area (Å²) in [5, 5.41) is 1.09. The van der Waals surface area contributed by atoms with Gasteiger partial charge in [0.05, 0.1) is 0 Å². The van der Waals surface area contributed by atoms with E-state index in [1.165, 1.54) is 4.90 Å². The number of benzene rings is 1. The van der Waals surface area contributed by atoms with E-state index in [2.05, 4.69) is 5.43 Å². The number of piperazine rings is 1. The van der Waals surface area contributed by atoms with Crippen LogP contribution in [0, 0.1) is 5.92 Å². The van der Waals surface area contributed by atoms with Crippen molar-refractivity contribution in [2.24, 2.45) is 5.92 Å². The molecule has 0 aromatic heterocycles. The number of hydrogen-bond acceptors (Lipinski definition) is 3. The number of rotatable bonds is 4. The van der Waals surface area contributed by atoms with Crippen LogP contribution < -0.4 is 5.43 Å². The highest BCUT2D eigenvalue weighted by atomic mass is 16.2. The van der Waals surface area contributed by atoms with Crippen LogP contribution in [-0.4, -0.2) is 47.3 Å². The standard InChI is InChI=1S/C15H19N3O3/c1-11(2)8-17-9-14(20)18(10-13(17)19)16-15(21)12-6-4-3-5-7-12/h3-7,11H,8-10H2,1-2H3,(H,16,21). The second-order valence-corrected chi connectivity index (χ2v) is 5.45. The highest BCUT2D eigenvalue weighted by molar-refractivity contribution is 5.98. The van der Waals surface area contributed by atoms with Gasteiger partial charge in [-0.1, -0.05) is 32.0 Å². The summed E-state index contributed by atoms with van der Waals surface area (Å²) in [5.74, 6) is -0.530. The van der Waals surface area contributed by atoms with Crippen molar-refractivity contribution in [3.05, 3.63) is 35.9 Å². The Morgan fingerprint density at radius 3 is 2.43 bits per heavy atom. The summed E-state index contributed by atoms with van der Waals surface area (Å²) in [6.45, 7) is 4.41. The largest absolute Gasteiger partial charge is 0.331 e. The summed E-state index contributed by atoms with van der Waals surface area (Å²) in [5.41, 5.74) is 2.93. The Hall–Kier alpha value is -2.37. The molecule has 6 heteroatoms. The maximum atomic E-state index is 12.0. The van der Waals surface area contributed by atoms with Crippen molar-refractivity contribution in [2.75, 3.05) is 19.6 Å². The van der Waals surface area contributed by atoms with Crippen LogP contribution in [0.1, 0.15) is 24.2 Å². The molecule has 6 nitrogen and oxygen atoms in total. The number of hydrazine groups is 1. The van der Waals surface area contributed by atoms with E-state index in [1.807, 2.05) is 13.8 Å². The van der Waals surface area contributed by atoms with E-state index < -0.39 is 5.91 Å². The van der Waals surface area contributed by atoms with E-state index in [4.69, 9.17) is 0 Å². The van der Waals surface area contributed by atoms with Gasteiger partial charge in [0.2, 0.25) is 5.91 Å². The summed E-state index contributed by atoms with van der Waals surface area (Å²) in [6.07, 6.45) is 0. The van der Waals surface area contributed by atoms with Crippen LogP contribution in [0.15, 0.2) is 30.3 Å². The minimum atomic E-state index is -0.394. The van der Waals surface area contributed by atoms with Crippen LogP contribution in [0.25, 0.3) is 0 Å². The minimum absolute atomic E-state index is 0.00603. The molecule has 0 radical (unpaired) electrons. The van der Waals surface area contributed by atoms with Crippen LogP contribution in [0.2, 0.25) is 0 Å². The fraction of sp³-hybridized carbons (Fsp3) is 0.400. The zero-order valence-corrected chi connectivity index (χ0v) is 12.2. The Bertz CT molecular complexity index is 542. The summed E-state index contributed by atoms with van der Waals surface area (Å²) in [4.78, 5) is 37.5. The number of nitrogens with one attached hydrogen (secondary N) is 1. The second kappa shape index (κ2) is 6.39. The van der Waals surface area contributed by atoms with E-state index in [9.17, 15) is 14.4 Å². The molecule has 21 heavy (non-hydrogen) atoms. The van der Waals surface area contributed by atoms with Gasteiger partial charge in [0.1, 0.15) is 13.1 Å². The van der Waals surface area contributed by atoms with Gasteiger partial charge in [-0.15, -0.1) is 0 Å². The van der Waals surface area contributed by atoms with Gasteiger partial charge in [0.15, 0.2) is 0 Å². The van der Waals surface area contributed by atoms with Gasteiger partial charge in [-0.3, -0.25) is 19.8 Å². The third-order valence-corrected chi connectivity index (χ3v) is 3.13. The predicted molar refractivity (Wildman–Crippen MR) is 77.0 cm³/mol. The molecular weight excluding hydrogens is 270 g/mol. The van der Waals surface area contributed by atoms with Crippen molar-refractivity contribution in [1.29, 1.82) is 0 Å². The first-order chi connectivity index (χ1) is 9.97. The van der Waals surface area contributed by atoms with Crippen LogP contribution in [0.3, 0.4) is 0 Å². The van der Waals surface area contributed by atoms with Crippen molar-refractivity contribution in [1.82, 2.24) is 15.3 Å². The van der Waals surface area contributed by atoms with Crippen molar-refractivity contribution in [3.63, 3.8) is 0 Å². The van der Waals surface area contributed by atoms with E-state index in [-0.39, 0.29) is 24.9 Å². The Morgan fingerprint density at radius 2 is 1.81 bits per heavy atom. The van der Waals surface area contributed by atoms with Gasteiger partial charge in [-0.05, 0) is 18.1 Å². The Balaban J connectivity index is 1.98. The third kappa shape index (κ3) is 3.81. The molecule has 1 aromatic rings. The molecule has 1 heterocycles. The number of nitrogens with zero attached hydrogens (tertiary/aromatic N) is 2. The first-order valence-corrected chi connectivity index (χ1v) is 6.91. The van der Waals surface area contributed by atoms with Crippen LogP contribution in [-0.2, 0) is 9.59 Å². The number of amides is 3. The van der Waals surface area contributed by atoms with Crippen molar-refractivity contribution in [2.45, 2.75) is 13.8 Å². The van der Waals surface area contributed by atoms with E-state index in [0.717, 1.165) is 5.01 Å². The molecule has 0 bridgehead atoms. The zero-order chi connectivity index (χ0) is 15.4. The lowest BCUT2D eigenvalue weighted by Gasteiger charge is -2.34. The fourth-order valence-corrected chi connectivity index (χ4v) is 2.15. The smallest absolute Gasteiger partial charge is 0.269 e. The fourth-order valence-electron chi connectivity index (χ4n) is 2.15. The Labute approximate surface area is 123 Å². The van der Waals surface area contributed by atoms with Crippen molar-refractivity contribution >= 4 is 17.7 Å². The molecule has 0 unspecified atom stereocenters.